The van der Waals surface area contributed by atoms with Gasteiger partial charge in [-0.15, -0.1) is 0 Å². The van der Waals surface area contributed by atoms with Crippen molar-refractivity contribution < 1.29 is 24.1 Å². The van der Waals surface area contributed by atoms with Crippen molar-refractivity contribution in [2.45, 2.75) is 78.8 Å². The van der Waals surface area contributed by atoms with Crippen LogP contribution in [0, 0.1) is 17.8 Å². The Morgan fingerprint density at radius 3 is 2.30 bits per heavy atom. The molecule has 136 valence electrons. The first-order valence-corrected chi connectivity index (χ1v) is 8.75. The van der Waals surface area contributed by atoms with E-state index in [2.05, 4.69) is 20.8 Å². The Morgan fingerprint density at radius 1 is 1.09 bits per heavy atom. The Kier molecular flexibility index (Phi) is 7.98. The van der Waals surface area contributed by atoms with E-state index < -0.39 is 5.60 Å². The number of hydrogen-bond donors (Lipinski definition) is 1. The van der Waals surface area contributed by atoms with Crippen LogP contribution in [0.1, 0.15) is 60.8 Å². The van der Waals surface area contributed by atoms with Crippen molar-refractivity contribution in [2.24, 2.45) is 17.8 Å². The molecule has 1 aliphatic rings. The topological polar surface area (TPSA) is 65.0 Å². The molecule has 5 atom stereocenters. The molecule has 0 aromatic carbocycles. The average Bonchev–Trinajstić information content (AvgIpc) is 2.44. The third-order valence-corrected chi connectivity index (χ3v) is 4.64. The Morgan fingerprint density at radius 2 is 1.74 bits per heavy atom. The number of esters is 1. The Hall–Kier alpha value is -0.650. The van der Waals surface area contributed by atoms with Gasteiger partial charge in [0.2, 0.25) is 0 Å². The molecule has 0 radical (unpaired) electrons. The van der Waals surface area contributed by atoms with Crippen molar-refractivity contribution in [3.63, 3.8) is 0 Å². The van der Waals surface area contributed by atoms with Crippen LogP contribution in [0.3, 0.4) is 0 Å². The maximum absolute atomic E-state index is 11.6. The van der Waals surface area contributed by atoms with Crippen LogP contribution in [0.5, 0.6) is 0 Å². The molecule has 5 unspecified atom stereocenters. The van der Waals surface area contributed by atoms with Crippen molar-refractivity contribution >= 4 is 5.97 Å². The zero-order valence-corrected chi connectivity index (χ0v) is 15.5. The summed E-state index contributed by atoms with van der Waals surface area (Å²) < 4.78 is 17.0. The van der Waals surface area contributed by atoms with Gasteiger partial charge >= 0.3 is 5.97 Å². The molecule has 1 rings (SSSR count). The molecule has 0 aliphatic carbocycles. The SMILES string of the molecule is CC1C(CO)OC(OCCCCC(=O)OC(C)(C)C)C(C)C1C. The standard InChI is InChI=1S/C18H34O5/c1-12-13(2)15(11-19)22-17(14(12)3)21-10-8-7-9-16(20)23-18(4,5)6/h12-15,17,19H,7-11H2,1-6H3. The Balaban J connectivity index is 2.26. The van der Waals surface area contributed by atoms with Gasteiger partial charge in [-0.05, 0) is 45.4 Å². The first-order chi connectivity index (χ1) is 10.7. The van der Waals surface area contributed by atoms with Crippen molar-refractivity contribution in [1.82, 2.24) is 0 Å². The molecular weight excluding hydrogens is 296 g/mol. The molecule has 0 amide bonds. The van der Waals surface area contributed by atoms with Crippen LogP contribution in [-0.2, 0) is 19.0 Å². The Bertz CT molecular complexity index is 361. The summed E-state index contributed by atoms with van der Waals surface area (Å²) in [6.07, 6.45) is 1.51. The fourth-order valence-electron chi connectivity index (χ4n) is 2.85. The number of aliphatic hydroxyl groups excluding tert-OH is 1. The molecule has 0 spiro atoms. The first-order valence-electron chi connectivity index (χ1n) is 8.75. The van der Waals surface area contributed by atoms with E-state index in [0.29, 0.717) is 30.8 Å². The fraction of sp³-hybridized carbons (Fsp3) is 0.944. The minimum Gasteiger partial charge on any atom is -0.460 e. The van der Waals surface area contributed by atoms with Crippen LogP contribution in [-0.4, -0.2) is 42.3 Å². The lowest BCUT2D eigenvalue weighted by Crippen LogP contribution is -2.47. The molecular formula is C18H34O5. The number of hydrogen-bond acceptors (Lipinski definition) is 5. The predicted octanol–water partition coefficient (Wildman–Crippen LogP) is 3.14. The molecule has 1 heterocycles. The molecule has 0 bridgehead atoms. The van der Waals surface area contributed by atoms with Crippen molar-refractivity contribution in [2.75, 3.05) is 13.2 Å². The summed E-state index contributed by atoms with van der Waals surface area (Å²) >= 11 is 0. The monoisotopic (exact) mass is 330 g/mol. The molecule has 1 saturated heterocycles. The molecule has 1 N–H and O–H groups in total. The van der Waals surface area contributed by atoms with Gasteiger partial charge in [-0.1, -0.05) is 20.8 Å². The van der Waals surface area contributed by atoms with E-state index in [1.807, 2.05) is 20.8 Å². The van der Waals surface area contributed by atoms with Crippen LogP contribution >= 0.6 is 0 Å². The first kappa shape index (κ1) is 20.4. The highest BCUT2D eigenvalue weighted by atomic mass is 16.7. The summed E-state index contributed by atoms with van der Waals surface area (Å²) in [4.78, 5) is 11.6. The van der Waals surface area contributed by atoms with Gasteiger partial charge < -0.3 is 19.3 Å². The number of ether oxygens (including phenoxy) is 3. The second-order valence-corrected chi connectivity index (χ2v) is 7.72. The third-order valence-electron chi connectivity index (χ3n) is 4.64. The van der Waals surface area contributed by atoms with Gasteiger partial charge in [-0.3, -0.25) is 4.79 Å². The molecule has 0 aromatic rings. The zero-order valence-electron chi connectivity index (χ0n) is 15.5. The molecule has 1 aliphatic heterocycles. The highest BCUT2D eigenvalue weighted by Crippen LogP contribution is 2.35. The second-order valence-electron chi connectivity index (χ2n) is 7.72. The fourth-order valence-corrected chi connectivity index (χ4v) is 2.85. The van der Waals surface area contributed by atoms with Crippen molar-refractivity contribution in [3.05, 3.63) is 0 Å². The second kappa shape index (κ2) is 9.00. The minimum absolute atomic E-state index is 0.0245. The molecule has 0 saturated carbocycles. The van der Waals surface area contributed by atoms with Crippen molar-refractivity contribution in [1.29, 1.82) is 0 Å². The normalized spacial score (nSPS) is 31.9. The van der Waals surface area contributed by atoms with E-state index in [0.717, 1.165) is 12.8 Å². The lowest BCUT2D eigenvalue weighted by molar-refractivity contribution is -0.254. The van der Waals surface area contributed by atoms with E-state index in [1.54, 1.807) is 0 Å². The number of carbonyl (C=O) groups excluding carboxylic acids is 1. The summed E-state index contributed by atoms with van der Waals surface area (Å²) in [5.74, 6) is 0.885. The van der Waals surface area contributed by atoms with Crippen LogP contribution in [0.25, 0.3) is 0 Å². The van der Waals surface area contributed by atoms with E-state index in [9.17, 15) is 9.90 Å². The number of carbonyl (C=O) groups is 1. The minimum atomic E-state index is -0.426. The van der Waals surface area contributed by atoms with Crippen LogP contribution in [0.4, 0.5) is 0 Å². The maximum atomic E-state index is 11.6. The van der Waals surface area contributed by atoms with Gasteiger partial charge in [0.1, 0.15) is 5.60 Å². The van der Waals surface area contributed by atoms with Gasteiger partial charge in [0, 0.05) is 18.9 Å². The van der Waals surface area contributed by atoms with Gasteiger partial charge in [0.05, 0.1) is 12.7 Å². The van der Waals surface area contributed by atoms with Crippen molar-refractivity contribution in [3.8, 4) is 0 Å². The summed E-state index contributed by atoms with van der Waals surface area (Å²) in [5.41, 5.74) is -0.426. The average molecular weight is 330 g/mol. The van der Waals surface area contributed by atoms with Gasteiger partial charge in [0.25, 0.3) is 0 Å². The Labute approximate surface area is 140 Å². The van der Waals surface area contributed by atoms with E-state index in [1.165, 1.54) is 0 Å². The van der Waals surface area contributed by atoms with Gasteiger partial charge in [0.15, 0.2) is 6.29 Å². The van der Waals surface area contributed by atoms with E-state index in [4.69, 9.17) is 14.2 Å². The lowest BCUT2D eigenvalue weighted by atomic mass is 9.79. The largest absolute Gasteiger partial charge is 0.460 e. The van der Waals surface area contributed by atoms with Crippen LogP contribution in [0.15, 0.2) is 0 Å². The van der Waals surface area contributed by atoms with Gasteiger partial charge in [-0.25, -0.2) is 0 Å². The number of unbranched alkanes of at least 4 members (excludes halogenated alkanes) is 1. The summed E-state index contributed by atoms with van der Waals surface area (Å²) in [5, 5.41) is 9.41. The highest BCUT2D eigenvalue weighted by molar-refractivity contribution is 5.69. The van der Waals surface area contributed by atoms with E-state index >= 15 is 0 Å². The third kappa shape index (κ3) is 6.77. The van der Waals surface area contributed by atoms with Crippen LogP contribution < -0.4 is 0 Å². The van der Waals surface area contributed by atoms with Crippen LogP contribution in [0.2, 0.25) is 0 Å². The summed E-state index contributed by atoms with van der Waals surface area (Å²) in [6, 6.07) is 0. The lowest BCUT2D eigenvalue weighted by Gasteiger charge is -2.42. The van der Waals surface area contributed by atoms with Gasteiger partial charge in [-0.2, -0.15) is 0 Å². The zero-order chi connectivity index (χ0) is 17.6. The predicted molar refractivity (Wildman–Crippen MR) is 88.9 cm³/mol. The summed E-state index contributed by atoms with van der Waals surface area (Å²) in [7, 11) is 0. The molecule has 1 fully saturated rings. The summed E-state index contributed by atoms with van der Waals surface area (Å²) in [6.45, 7) is 12.6. The number of aliphatic hydroxyl groups is 1. The number of rotatable bonds is 7. The van der Waals surface area contributed by atoms with E-state index in [-0.39, 0.29) is 25.0 Å². The quantitative estimate of drug-likeness (QED) is 0.574. The molecule has 0 aromatic heterocycles. The molecule has 23 heavy (non-hydrogen) atoms. The molecule has 5 nitrogen and oxygen atoms in total. The maximum Gasteiger partial charge on any atom is 0.306 e. The smallest absolute Gasteiger partial charge is 0.306 e. The highest BCUT2D eigenvalue weighted by Gasteiger charge is 2.39. The molecule has 5 heteroatoms.